The fraction of sp³-hybridized carbons (Fsp3) is 0.478. The standard InChI is InChI=1S/C13H21BN2O4.C10H10N4O2/c1-7-16-8-9(10(15-16)11(17)18-6)14-19-12(2,3)13(4,5)20-14;1-2-14-6-7(8(13-14)10(15)16)9-11-4-3-5-12-9/h8H,7H2,1-6H3;3-6H,2H2,1H3,(H,15,16). The summed E-state index contributed by atoms with van der Waals surface area (Å²) in [4.78, 5) is 30.9. The van der Waals surface area contributed by atoms with Crippen molar-refractivity contribution < 1.29 is 28.7 Å². The summed E-state index contributed by atoms with van der Waals surface area (Å²) in [5.41, 5.74) is 0.354. The molecule has 3 aromatic rings. The van der Waals surface area contributed by atoms with Crippen LogP contribution in [-0.2, 0) is 27.1 Å². The van der Waals surface area contributed by atoms with Gasteiger partial charge in [0.2, 0.25) is 0 Å². The van der Waals surface area contributed by atoms with Gasteiger partial charge in [-0.05, 0) is 47.6 Å². The predicted molar refractivity (Wildman–Crippen MR) is 131 cm³/mol. The van der Waals surface area contributed by atoms with Crippen LogP contribution in [0.1, 0.15) is 62.5 Å². The molecular weight excluding hydrogens is 467 g/mol. The minimum absolute atomic E-state index is 0.0203. The number of rotatable bonds is 6. The Labute approximate surface area is 209 Å². The molecule has 0 aromatic carbocycles. The molecule has 3 aromatic heterocycles. The summed E-state index contributed by atoms with van der Waals surface area (Å²) in [6.45, 7) is 13.0. The predicted octanol–water partition coefficient (Wildman–Crippen LogP) is 2.05. The van der Waals surface area contributed by atoms with E-state index in [1.165, 1.54) is 7.11 Å². The van der Waals surface area contributed by atoms with Crippen LogP contribution in [0.15, 0.2) is 30.9 Å². The number of carboxylic acids is 1. The number of aryl methyl sites for hydroxylation is 2. The second-order valence-corrected chi connectivity index (χ2v) is 8.99. The molecule has 1 N–H and O–H groups in total. The Morgan fingerprint density at radius 3 is 2.00 bits per heavy atom. The van der Waals surface area contributed by atoms with Gasteiger partial charge >= 0.3 is 19.1 Å². The van der Waals surface area contributed by atoms with Gasteiger partial charge in [-0.15, -0.1) is 0 Å². The normalized spacial score (nSPS) is 15.8. The molecule has 1 saturated heterocycles. The maximum absolute atomic E-state index is 11.8. The van der Waals surface area contributed by atoms with Gasteiger partial charge in [-0.2, -0.15) is 10.2 Å². The van der Waals surface area contributed by atoms with Gasteiger partial charge in [-0.25, -0.2) is 19.6 Å². The van der Waals surface area contributed by atoms with Crippen molar-refractivity contribution in [2.45, 2.75) is 65.8 Å². The van der Waals surface area contributed by atoms with Crippen LogP contribution in [-0.4, -0.2) is 72.0 Å². The van der Waals surface area contributed by atoms with Crippen molar-refractivity contribution in [3.05, 3.63) is 42.2 Å². The number of aromatic carboxylic acids is 1. The zero-order valence-corrected chi connectivity index (χ0v) is 21.6. The van der Waals surface area contributed by atoms with Crippen molar-refractivity contribution in [2.24, 2.45) is 0 Å². The summed E-state index contributed by atoms with van der Waals surface area (Å²) in [6, 6.07) is 1.67. The Kier molecular flexibility index (Phi) is 7.94. The van der Waals surface area contributed by atoms with Crippen LogP contribution in [0.25, 0.3) is 11.4 Å². The molecule has 4 heterocycles. The smallest absolute Gasteiger partial charge is 0.476 e. The molecule has 1 aliphatic heterocycles. The van der Waals surface area contributed by atoms with Gasteiger partial charge in [0.15, 0.2) is 17.2 Å². The topological polar surface area (TPSA) is 143 Å². The monoisotopic (exact) mass is 498 g/mol. The lowest BCUT2D eigenvalue weighted by Gasteiger charge is -2.32. The molecule has 0 unspecified atom stereocenters. The summed E-state index contributed by atoms with van der Waals surface area (Å²) in [5.74, 6) is -1.18. The van der Waals surface area contributed by atoms with E-state index in [1.54, 1.807) is 40.2 Å². The summed E-state index contributed by atoms with van der Waals surface area (Å²) in [7, 11) is 0.718. The lowest BCUT2D eigenvalue weighted by Crippen LogP contribution is -2.41. The zero-order valence-electron chi connectivity index (χ0n) is 21.6. The zero-order chi connectivity index (χ0) is 26.7. The quantitative estimate of drug-likeness (QED) is 0.396. The third kappa shape index (κ3) is 5.47. The molecule has 0 radical (unpaired) electrons. The average molecular weight is 498 g/mol. The maximum atomic E-state index is 11.8. The molecule has 0 amide bonds. The second-order valence-electron chi connectivity index (χ2n) is 8.99. The van der Waals surface area contributed by atoms with Gasteiger partial charge in [0, 0.05) is 43.3 Å². The van der Waals surface area contributed by atoms with Crippen LogP contribution < -0.4 is 5.46 Å². The van der Waals surface area contributed by atoms with Gasteiger partial charge in [0.05, 0.1) is 23.9 Å². The molecule has 192 valence electrons. The highest BCUT2D eigenvalue weighted by molar-refractivity contribution is 6.63. The number of nitrogens with zero attached hydrogens (tertiary/aromatic N) is 6. The minimum Gasteiger partial charge on any atom is -0.476 e. The Bertz CT molecular complexity index is 1210. The third-order valence-corrected chi connectivity index (χ3v) is 6.09. The SMILES string of the molecule is CCn1cc(-c2ncccn2)c(C(=O)O)n1.CCn1cc(B2OC(C)(C)C(C)(C)O2)c(C(=O)OC)n1. The lowest BCUT2D eigenvalue weighted by molar-refractivity contribution is 0.00578. The second kappa shape index (κ2) is 10.6. The molecule has 4 rings (SSSR count). The van der Waals surface area contributed by atoms with E-state index >= 15 is 0 Å². The fourth-order valence-corrected chi connectivity index (χ4v) is 3.34. The van der Waals surface area contributed by atoms with Crippen LogP contribution in [0.2, 0.25) is 0 Å². The first-order valence-corrected chi connectivity index (χ1v) is 11.5. The van der Waals surface area contributed by atoms with Crippen molar-refractivity contribution in [1.82, 2.24) is 29.5 Å². The molecular formula is C23H31BN6O6. The molecule has 0 atom stereocenters. The number of carboxylic acid groups (broad SMARTS) is 1. The average Bonchev–Trinajstić information content (AvgIpc) is 3.53. The van der Waals surface area contributed by atoms with Crippen LogP contribution in [0.4, 0.5) is 0 Å². The third-order valence-electron chi connectivity index (χ3n) is 6.09. The maximum Gasteiger partial charge on any atom is 0.498 e. The van der Waals surface area contributed by atoms with E-state index < -0.39 is 30.3 Å². The lowest BCUT2D eigenvalue weighted by atomic mass is 9.79. The van der Waals surface area contributed by atoms with Crippen molar-refractivity contribution in [3.8, 4) is 11.4 Å². The van der Waals surface area contributed by atoms with Crippen molar-refractivity contribution in [1.29, 1.82) is 0 Å². The molecule has 1 aliphatic rings. The van der Waals surface area contributed by atoms with E-state index in [0.29, 0.717) is 29.9 Å². The number of methoxy groups -OCH3 is 1. The molecule has 0 spiro atoms. The summed E-state index contributed by atoms with van der Waals surface area (Å²) >= 11 is 0. The number of aromatic nitrogens is 6. The van der Waals surface area contributed by atoms with E-state index in [0.717, 1.165) is 0 Å². The first-order chi connectivity index (χ1) is 16.9. The van der Waals surface area contributed by atoms with Crippen molar-refractivity contribution in [3.63, 3.8) is 0 Å². The Balaban J connectivity index is 0.000000205. The van der Waals surface area contributed by atoms with E-state index in [-0.39, 0.29) is 11.4 Å². The summed E-state index contributed by atoms with van der Waals surface area (Å²) in [5, 5.41) is 17.2. The van der Waals surface area contributed by atoms with Crippen LogP contribution in [0.3, 0.4) is 0 Å². The first kappa shape index (κ1) is 27.0. The van der Waals surface area contributed by atoms with Gasteiger partial charge in [-0.3, -0.25) is 9.36 Å². The van der Waals surface area contributed by atoms with E-state index in [4.69, 9.17) is 19.2 Å². The van der Waals surface area contributed by atoms with E-state index in [9.17, 15) is 9.59 Å². The molecule has 0 saturated carbocycles. The number of ether oxygens (including phenoxy) is 1. The molecule has 0 bridgehead atoms. The number of hydrogen-bond donors (Lipinski definition) is 1. The number of hydrogen-bond acceptors (Lipinski definition) is 9. The van der Waals surface area contributed by atoms with Gasteiger partial charge in [0.1, 0.15) is 0 Å². The first-order valence-electron chi connectivity index (χ1n) is 11.5. The fourth-order valence-electron chi connectivity index (χ4n) is 3.34. The number of carbonyl (C=O) groups is 2. The molecule has 13 heteroatoms. The highest BCUT2D eigenvalue weighted by Crippen LogP contribution is 2.36. The summed E-state index contributed by atoms with van der Waals surface area (Å²) in [6.07, 6.45) is 6.54. The Morgan fingerprint density at radius 2 is 1.50 bits per heavy atom. The van der Waals surface area contributed by atoms with E-state index in [2.05, 4.69) is 20.2 Å². The van der Waals surface area contributed by atoms with Gasteiger partial charge in [0.25, 0.3) is 0 Å². The van der Waals surface area contributed by atoms with Gasteiger partial charge in [-0.1, -0.05) is 0 Å². The Morgan fingerprint density at radius 1 is 0.972 bits per heavy atom. The van der Waals surface area contributed by atoms with Crippen molar-refractivity contribution in [2.75, 3.05) is 7.11 Å². The van der Waals surface area contributed by atoms with Gasteiger partial charge < -0.3 is 19.2 Å². The Hall–Kier alpha value is -3.58. The molecule has 36 heavy (non-hydrogen) atoms. The molecule has 0 aliphatic carbocycles. The highest BCUT2D eigenvalue weighted by atomic mass is 16.7. The number of esters is 1. The minimum atomic E-state index is -1.07. The highest BCUT2D eigenvalue weighted by Gasteiger charge is 2.53. The molecule has 12 nitrogen and oxygen atoms in total. The van der Waals surface area contributed by atoms with E-state index in [1.807, 2.05) is 41.5 Å². The summed E-state index contributed by atoms with van der Waals surface area (Å²) < 4.78 is 19.9. The van der Waals surface area contributed by atoms with Crippen molar-refractivity contribution >= 4 is 24.5 Å². The largest absolute Gasteiger partial charge is 0.498 e. The van der Waals surface area contributed by atoms with Crippen LogP contribution in [0.5, 0.6) is 0 Å². The van der Waals surface area contributed by atoms with Crippen LogP contribution >= 0.6 is 0 Å². The number of carbonyl (C=O) groups excluding carboxylic acids is 1. The van der Waals surface area contributed by atoms with Crippen LogP contribution in [0, 0.1) is 0 Å². The molecule has 1 fully saturated rings.